The number of rotatable bonds is 9. The van der Waals surface area contributed by atoms with Gasteiger partial charge in [0.2, 0.25) is 0 Å². The van der Waals surface area contributed by atoms with Gasteiger partial charge in [0.05, 0.1) is 0 Å². The number of ether oxygens (including phenoxy) is 2. The van der Waals surface area contributed by atoms with E-state index in [1.54, 1.807) is 0 Å². The summed E-state index contributed by atoms with van der Waals surface area (Å²) in [5.74, 6) is 1.66. The molecule has 146 valence electrons. The van der Waals surface area contributed by atoms with Gasteiger partial charge in [-0.1, -0.05) is 6.42 Å². The number of guanidine groups is 1. The Bertz CT molecular complexity index is 376. The van der Waals surface area contributed by atoms with Gasteiger partial charge >= 0.3 is 0 Å². The topological polar surface area (TPSA) is 54.9 Å². The SMILES string of the molecule is CCNC(=NCCCOCC1CCOCC1)NC1CCCC(SC)C1. The maximum Gasteiger partial charge on any atom is 0.191 e. The van der Waals surface area contributed by atoms with Crippen LogP contribution in [-0.2, 0) is 9.47 Å². The zero-order valence-electron chi connectivity index (χ0n) is 16.1. The molecule has 5 nitrogen and oxygen atoms in total. The average Bonchev–Trinajstić information content (AvgIpc) is 2.65. The van der Waals surface area contributed by atoms with E-state index in [9.17, 15) is 0 Å². The summed E-state index contributed by atoms with van der Waals surface area (Å²) in [4.78, 5) is 4.73. The molecule has 0 aromatic rings. The highest BCUT2D eigenvalue weighted by atomic mass is 32.2. The summed E-state index contributed by atoms with van der Waals surface area (Å²) in [6.07, 6.45) is 10.7. The molecule has 0 aromatic carbocycles. The summed E-state index contributed by atoms with van der Waals surface area (Å²) >= 11 is 2.00. The quantitative estimate of drug-likeness (QED) is 0.371. The highest BCUT2D eigenvalue weighted by Crippen LogP contribution is 2.26. The molecule has 1 aliphatic heterocycles. The minimum atomic E-state index is 0.564. The second-order valence-corrected chi connectivity index (χ2v) is 8.25. The molecule has 0 bridgehead atoms. The summed E-state index contributed by atoms with van der Waals surface area (Å²) < 4.78 is 11.2. The predicted octanol–water partition coefficient (Wildman–Crippen LogP) is 3.05. The smallest absolute Gasteiger partial charge is 0.191 e. The molecular formula is C19H37N3O2S. The Balaban J connectivity index is 1.61. The van der Waals surface area contributed by atoms with E-state index in [2.05, 4.69) is 23.8 Å². The second kappa shape index (κ2) is 12.8. The predicted molar refractivity (Wildman–Crippen MR) is 108 cm³/mol. The molecule has 25 heavy (non-hydrogen) atoms. The number of aliphatic imine (C=N–C) groups is 1. The number of nitrogens with zero attached hydrogens (tertiary/aromatic N) is 1. The van der Waals surface area contributed by atoms with E-state index in [1.165, 1.54) is 25.7 Å². The molecule has 0 spiro atoms. The van der Waals surface area contributed by atoms with Crippen LogP contribution in [0.25, 0.3) is 0 Å². The summed E-state index contributed by atoms with van der Waals surface area (Å²) in [5, 5.41) is 7.82. The molecule has 2 aliphatic rings. The normalized spacial score (nSPS) is 25.8. The van der Waals surface area contributed by atoms with Crippen molar-refractivity contribution in [3.05, 3.63) is 0 Å². The van der Waals surface area contributed by atoms with Crippen LogP contribution in [0.5, 0.6) is 0 Å². The molecule has 1 saturated heterocycles. The summed E-state index contributed by atoms with van der Waals surface area (Å²) in [6.45, 7) is 7.33. The number of hydrogen-bond donors (Lipinski definition) is 2. The van der Waals surface area contributed by atoms with Crippen molar-refractivity contribution in [3.63, 3.8) is 0 Å². The summed E-state index contributed by atoms with van der Waals surface area (Å²) in [6, 6.07) is 0.564. The van der Waals surface area contributed by atoms with Gasteiger partial charge in [0.1, 0.15) is 0 Å². The van der Waals surface area contributed by atoms with Crippen LogP contribution in [0.1, 0.15) is 51.9 Å². The molecular weight excluding hydrogens is 334 g/mol. The van der Waals surface area contributed by atoms with Crippen LogP contribution >= 0.6 is 11.8 Å². The highest BCUT2D eigenvalue weighted by Gasteiger charge is 2.21. The third-order valence-corrected chi connectivity index (χ3v) is 6.15. The summed E-state index contributed by atoms with van der Waals surface area (Å²) in [7, 11) is 0. The van der Waals surface area contributed by atoms with E-state index in [1.807, 2.05) is 11.8 Å². The molecule has 2 unspecified atom stereocenters. The van der Waals surface area contributed by atoms with Gasteiger partial charge in [-0.3, -0.25) is 4.99 Å². The van der Waals surface area contributed by atoms with Gasteiger partial charge in [-0.05, 0) is 57.6 Å². The third-order valence-electron chi connectivity index (χ3n) is 5.06. The fourth-order valence-electron chi connectivity index (χ4n) is 3.52. The van der Waals surface area contributed by atoms with Crippen LogP contribution in [-0.4, -0.2) is 63.0 Å². The minimum absolute atomic E-state index is 0.564. The second-order valence-electron chi connectivity index (χ2n) is 7.11. The van der Waals surface area contributed by atoms with E-state index < -0.39 is 0 Å². The maximum absolute atomic E-state index is 5.83. The van der Waals surface area contributed by atoms with Gasteiger partial charge < -0.3 is 20.1 Å². The standard InChI is InChI=1S/C19H37N3O2S/c1-3-20-19(22-17-6-4-7-18(14-17)25-2)21-10-5-11-24-15-16-8-12-23-13-9-16/h16-18H,3-15H2,1-2H3,(H2,20,21,22). The van der Waals surface area contributed by atoms with Crippen LogP contribution in [0, 0.1) is 5.92 Å². The Labute approximate surface area is 158 Å². The molecule has 2 rings (SSSR count). The molecule has 2 fully saturated rings. The van der Waals surface area contributed by atoms with Crippen LogP contribution in [0.15, 0.2) is 4.99 Å². The van der Waals surface area contributed by atoms with E-state index >= 15 is 0 Å². The molecule has 6 heteroatoms. The van der Waals surface area contributed by atoms with Crippen molar-refractivity contribution >= 4 is 17.7 Å². The number of nitrogens with one attached hydrogen (secondary N) is 2. The van der Waals surface area contributed by atoms with Crippen molar-refractivity contribution in [1.29, 1.82) is 0 Å². The first-order chi connectivity index (χ1) is 12.3. The summed E-state index contributed by atoms with van der Waals surface area (Å²) in [5.41, 5.74) is 0. The molecule has 0 radical (unpaired) electrons. The molecule has 0 aromatic heterocycles. The first-order valence-electron chi connectivity index (χ1n) is 10.0. The van der Waals surface area contributed by atoms with Crippen LogP contribution in [0.2, 0.25) is 0 Å². The van der Waals surface area contributed by atoms with Gasteiger partial charge in [-0.15, -0.1) is 0 Å². The molecule has 1 heterocycles. The van der Waals surface area contributed by atoms with Crippen molar-refractivity contribution in [2.45, 2.75) is 63.2 Å². The Morgan fingerprint density at radius 1 is 1.24 bits per heavy atom. The van der Waals surface area contributed by atoms with Crippen molar-refractivity contribution < 1.29 is 9.47 Å². The lowest BCUT2D eigenvalue weighted by molar-refractivity contribution is 0.0205. The third kappa shape index (κ3) is 8.65. The average molecular weight is 372 g/mol. The van der Waals surface area contributed by atoms with Crippen molar-refractivity contribution in [1.82, 2.24) is 10.6 Å². The van der Waals surface area contributed by atoms with Crippen molar-refractivity contribution in [3.8, 4) is 0 Å². The molecule has 0 amide bonds. The lowest BCUT2D eigenvalue weighted by atomic mass is 9.95. The van der Waals surface area contributed by atoms with Gasteiger partial charge in [0, 0.05) is 50.8 Å². The van der Waals surface area contributed by atoms with Crippen molar-refractivity contribution in [2.24, 2.45) is 10.9 Å². The van der Waals surface area contributed by atoms with Crippen LogP contribution < -0.4 is 10.6 Å². The molecule has 1 saturated carbocycles. The Kier molecular flexibility index (Phi) is 10.7. The maximum atomic E-state index is 5.83. The van der Waals surface area contributed by atoms with Crippen molar-refractivity contribution in [2.75, 3.05) is 45.8 Å². The van der Waals surface area contributed by atoms with E-state index in [0.717, 1.165) is 70.0 Å². The Morgan fingerprint density at radius 3 is 2.84 bits per heavy atom. The molecule has 2 atom stereocenters. The Morgan fingerprint density at radius 2 is 2.08 bits per heavy atom. The fraction of sp³-hybridized carbons (Fsp3) is 0.947. The zero-order valence-corrected chi connectivity index (χ0v) is 16.9. The first kappa shape index (κ1) is 20.8. The highest BCUT2D eigenvalue weighted by molar-refractivity contribution is 7.99. The van der Waals surface area contributed by atoms with E-state index in [-0.39, 0.29) is 0 Å². The molecule has 2 N–H and O–H groups in total. The zero-order chi connectivity index (χ0) is 17.7. The van der Waals surface area contributed by atoms with E-state index in [4.69, 9.17) is 14.5 Å². The largest absolute Gasteiger partial charge is 0.381 e. The van der Waals surface area contributed by atoms with Crippen LogP contribution in [0.4, 0.5) is 0 Å². The molecule has 1 aliphatic carbocycles. The number of hydrogen-bond acceptors (Lipinski definition) is 4. The fourth-order valence-corrected chi connectivity index (χ4v) is 4.35. The minimum Gasteiger partial charge on any atom is -0.381 e. The lowest BCUT2D eigenvalue weighted by Gasteiger charge is -2.29. The lowest BCUT2D eigenvalue weighted by Crippen LogP contribution is -2.45. The van der Waals surface area contributed by atoms with Gasteiger partial charge in [0.15, 0.2) is 5.96 Å². The first-order valence-corrected chi connectivity index (χ1v) is 11.3. The van der Waals surface area contributed by atoms with Gasteiger partial charge in [-0.25, -0.2) is 0 Å². The van der Waals surface area contributed by atoms with Gasteiger partial charge in [-0.2, -0.15) is 11.8 Å². The van der Waals surface area contributed by atoms with E-state index in [0.29, 0.717) is 12.0 Å². The monoisotopic (exact) mass is 371 g/mol. The van der Waals surface area contributed by atoms with Crippen LogP contribution in [0.3, 0.4) is 0 Å². The van der Waals surface area contributed by atoms with Gasteiger partial charge in [0.25, 0.3) is 0 Å². The number of thioether (sulfide) groups is 1. The Hall–Kier alpha value is -0.460.